The molecule has 78 valence electrons. The second-order valence-electron chi connectivity index (χ2n) is 3.67. The Morgan fingerprint density at radius 3 is 2.47 bits per heavy atom. The van der Waals surface area contributed by atoms with E-state index in [2.05, 4.69) is 15.8 Å². The van der Waals surface area contributed by atoms with Crippen molar-refractivity contribution in [3.8, 4) is 0 Å². The lowest BCUT2D eigenvalue weighted by molar-refractivity contribution is -0.119. The SMILES string of the molecule is CC1=NNC(=O)C1Nc1ccc(C)cc1. The fourth-order valence-electron chi connectivity index (χ4n) is 1.45. The van der Waals surface area contributed by atoms with Crippen LogP contribution in [0.5, 0.6) is 0 Å². The molecule has 4 nitrogen and oxygen atoms in total. The minimum Gasteiger partial charge on any atom is -0.369 e. The molecule has 1 aliphatic rings. The third-order valence-corrected chi connectivity index (χ3v) is 2.38. The molecule has 15 heavy (non-hydrogen) atoms. The highest BCUT2D eigenvalue weighted by atomic mass is 16.2. The van der Waals surface area contributed by atoms with E-state index in [4.69, 9.17) is 0 Å². The molecule has 0 aliphatic carbocycles. The summed E-state index contributed by atoms with van der Waals surface area (Å²) >= 11 is 0. The van der Waals surface area contributed by atoms with E-state index in [1.807, 2.05) is 38.1 Å². The number of carbonyl (C=O) groups is 1. The topological polar surface area (TPSA) is 53.5 Å². The highest BCUT2D eigenvalue weighted by Gasteiger charge is 2.26. The van der Waals surface area contributed by atoms with Crippen molar-refractivity contribution in [1.29, 1.82) is 0 Å². The van der Waals surface area contributed by atoms with Crippen LogP contribution in [0, 0.1) is 6.92 Å². The maximum absolute atomic E-state index is 11.4. The van der Waals surface area contributed by atoms with Gasteiger partial charge in [-0.05, 0) is 26.0 Å². The number of aryl methyl sites for hydroxylation is 1. The van der Waals surface area contributed by atoms with Gasteiger partial charge in [0.1, 0.15) is 6.04 Å². The van der Waals surface area contributed by atoms with Gasteiger partial charge in [0.2, 0.25) is 0 Å². The molecule has 0 spiro atoms. The maximum atomic E-state index is 11.4. The molecule has 1 atom stereocenters. The number of amides is 1. The number of hydrogen-bond donors (Lipinski definition) is 2. The summed E-state index contributed by atoms with van der Waals surface area (Å²) in [6.07, 6.45) is 0. The van der Waals surface area contributed by atoms with Crippen molar-refractivity contribution < 1.29 is 4.79 Å². The fraction of sp³-hybridized carbons (Fsp3) is 0.273. The van der Waals surface area contributed by atoms with Crippen LogP contribution in [0.4, 0.5) is 5.69 Å². The molecule has 0 bridgehead atoms. The third kappa shape index (κ3) is 1.98. The molecular formula is C11H13N3O. The van der Waals surface area contributed by atoms with Crippen molar-refractivity contribution >= 4 is 17.3 Å². The fourth-order valence-corrected chi connectivity index (χ4v) is 1.45. The molecule has 2 N–H and O–H groups in total. The maximum Gasteiger partial charge on any atom is 0.268 e. The zero-order valence-corrected chi connectivity index (χ0v) is 8.74. The van der Waals surface area contributed by atoms with E-state index in [0.29, 0.717) is 0 Å². The van der Waals surface area contributed by atoms with Gasteiger partial charge in [-0.15, -0.1) is 0 Å². The lowest BCUT2D eigenvalue weighted by Gasteiger charge is -2.11. The van der Waals surface area contributed by atoms with Gasteiger partial charge in [-0.3, -0.25) is 4.79 Å². The number of carbonyl (C=O) groups excluding carboxylic acids is 1. The number of benzene rings is 1. The lowest BCUT2D eigenvalue weighted by Crippen LogP contribution is -2.35. The Morgan fingerprint density at radius 1 is 1.27 bits per heavy atom. The van der Waals surface area contributed by atoms with Gasteiger partial charge in [-0.2, -0.15) is 5.10 Å². The monoisotopic (exact) mass is 203 g/mol. The molecule has 1 unspecified atom stereocenters. The summed E-state index contributed by atoms with van der Waals surface area (Å²) in [7, 11) is 0. The molecule has 0 saturated heterocycles. The average Bonchev–Trinajstić information content (AvgIpc) is 2.53. The Balaban J connectivity index is 2.12. The Bertz CT molecular complexity index is 408. The molecule has 0 aromatic heterocycles. The Morgan fingerprint density at radius 2 is 1.93 bits per heavy atom. The summed E-state index contributed by atoms with van der Waals surface area (Å²) in [5.74, 6) is -0.104. The van der Waals surface area contributed by atoms with Gasteiger partial charge in [0.15, 0.2) is 0 Å². The molecular weight excluding hydrogens is 190 g/mol. The molecule has 0 fully saturated rings. The second-order valence-corrected chi connectivity index (χ2v) is 3.67. The predicted octanol–water partition coefficient (Wildman–Crippen LogP) is 1.28. The van der Waals surface area contributed by atoms with Crippen molar-refractivity contribution in [3.05, 3.63) is 29.8 Å². The first kappa shape index (κ1) is 9.71. The highest BCUT2D eigenvalue weighted by Crippen LogP contribution is 2.12. The van der Waals surface area contributed by atoms with E-state index in [9.17, 15) is 4.79 Å². The molecule has 4 heteroatoms. The lowest BCUT2D eigenvalue weighted by atomic mass is 10.1. The largest absolute Gasteiger partial charge is 0.369 e. The van der Waals surface area contributed by atoms with Crippen LogP contribution in [-0.4, -0.2) is 17.7 Å². The van der Waals surface area contributed by atoms with E-state index in [1.54, 1.807) is 0 Å². The zero-order valence-electron chi connectivity index (χ0n) is 8.74. The van der Waals surface area contributed by atoms with Crippen molar-refractivity contribution in [2.75, 3.05) is 5.32 Å². The quantitative estimate of drug-likeness (QED) is 0.760. The Hall–Kier alpha value is -1.84. The second kappa shape index (κ2) is 3.73. The van der Waals surface area contributed by atoms with E-state index >= 15 is 0 Å². The molecule has 1 aliphatic heterocycles. The molecule has 0 saturated carbocycles. The average molecular weight is 203 g/mol. The standard InChI is InChI=1S/C11H13N3O/c1-7-3-5-9(6-4-7)12-10-8(2)13-14-11(10)15/h3-6,10,12H,1-2H3,(H,14,15). The predicted molar refractivity (Wildman–Crippen MR) is 59.8 cm³/mol. The van der Waals surface area contributed by atoms with Crippen LogP contribution in [0.3, 0.4) is 0 Å². The molecule has 1 aromatic carbocycles. The minimum absolute atomic E-state index is 0.104. The molecule has 1 amide bonds. The first-order valence-corrected chi connectivity index (χ1v) is 4.84. The molecule has 1 aromatic rings. The Labute approximate surface area is 88.4 Å². The van der Waals surface area contributed by atoms with E-state index in [1.165, 1.54) is 5.56 Å². The number of nitrogens with zero attached hydrogens (tertiary/aromatic N) is 1. The van der Waals surface area contributed by atoms with Crippen LogP contribution in [0.25, 0.3) is 0 Å². The normalized spacial score (nSPS) is 19.7. The van der Waals surface area contributed by atoms with E-state index in [-0.39, 0.29) is 11.9 Å². The van der Waals surface area contributed by atoms with Crippen molar-refractivity contribution in [1.82, 2.24) is 5.43 Å². The number of hydrogen-bond acceptors (Lipinski definition) is 3. The van der Waals surface area contributed by atoms with E-state index in [0.717, 1.165) is 11.4 Å². The summed E-state index contributed by atoms with van der Waals surface area (Å²) in [5, 5.41) is 6.99. The van der Waals surface area contributed by atoms with Gasteiger partial charge in [0.25, 0.3) is 5.91 Å². The van der Waals surface area contributed by atoms with Crippen LogP contribution >= 0.6 is 0 Å². The third-order valence-electron chi connectivity index (χ3n) is 2.38. The van der Waals surface area contributed by atoms with Crippen LogP contribution in [0.2, 0.25) is 0 Å². The summed E-state index contributed by atoms with van der Waals surface area (Å²) in [5.41, 5.74) is 5.33. The first-order valence-electron chi connectivity index (χ1n) is 4.84. The highest BCUT2D eigenvalue weighted by molar-refractivity contribution is 6.12. The van der Waals surface area contributed by atoms with Gasteiger partial charge < -0.3 is 5.32 Å². The molecule has 1 heterocycles. The number of rotatable bonds is 2. The van der Waals surface area contributed by atoms with Crippen molar-refractivity contribution in [3.63, 3.8) is 0 Å². The smallest absolute Gasteiger partial charge is 0.268 e. The summed E-state index contributed by atoms with van der Waals surface area (Å²) in [6.45, 7) is 3.85. The number of nitrogens with one attached hydrogen (secondary N) is 2. The van der Waals surface area contributed by atoms with E-state index < -0.39 is 0 Å². The molecule has 0 radical (unpaired) electrons. The summed E-state index contributed by atoms with van der Waals surface area (Å²) in [6, 6.07) is 7.57. The van der Waals surface area contributed by atoms with Crippen LogP contribution in [-0.2, 0) is 4.79 Å². The van der Waals surface area contributed by atoms with Gasteiger partial charge in [-0.25, -0.2) is 5.43 Å². The zero-order chi connectivity index (χ0) is 10.8. The number of anilines is 1. The summed E-state index contributed by atoms with van der Waals surface area (Å²) in [4.78, 5) is 11.4. The summed E-state index contributed by atoms with van der Waals surface area (Å²) < 4.78 is 0. The number of hydrazone groups is 1. The van der Waals surface area contributed by atoms with Crippen molar-refractivity contribution in [2.24, 2.45) is 5.10 Å². The Kier molecular flexibility index (Phi) is 2.41. The van der Waals surface area contributed by atoms with Gasteiger partial charge in [0, 0.05) is 5.69 Å². The van der Waals surface area contributed by atoms with Crippen LogP contribution in [0.15, 0.2) is 29.4 Å². The van der Waals surface area contributed by atoms with Gasteiger partial charge in [0.05, 0.1) is 5.71 Å². The van der Waals surface area contributed by atoms with Crippen molar-refractivity contribution in [2.45, 2.75) is 19.9 Å². The first-order chi connectivity index (χ1) is 7.16. The minimum atomic E-state index is -0.340. The molecule has 2 rings (SSSR count). The van der Waals surface area contributed by atoms with Gasteiger partial charge >= 0.3 is 0 Å². The van der Waals surface area contributed by atoms with Gasteiger partial charge in [-0.1, -0.05) is 17.7 Å². The van der Waals surface area contributed by atoms with Crippen LogP contribution < -0.4 is 10.7 Å². The van der Waals surface area contributed by atoms with Crippen LogP contribution in [0.1, 0.15) is 12.5 Å².